The number of carbonyl (C=O) groups is 1. The molecule has 0 spiro atoms. The molecule has 0 fully saturated rings. The third-order valence-electron chi connectivity index (χ3n) is 5.28. The van der Waals surface area contributed by atoms with Crippen molar-refractivity contribution in [3.05, 3.63) is 34.7 Å². The molecule has 1 aliphatic heterocycles. The maximum Gasteiger partial charge on any atom is 0.234 e. The van der Waals surface area contributed by atoms with Crippen LogP contribution in [-0.2, 0) is 22.6 Å². The molecule has 0 unspecified atom stereocenters. The number of hydrogen-bond acceptors (Lipinski definition) is 9. The maximum absolute atomic E-state index is 12.4. The van der Waals surface area contributed by atoms with E-state index in [1.54, 1.807) is 47.1 Å². The molecule has 3 N–H and O–H groups in total. The first-order valence-corrected chi connectivity index (χ1v) is 11.8. The van der Waals surface area contributed by atoms with Crippen LogP contribution in [0.3, 0.4) is 0 Å². The second kappa shape index (κ2) is 7.91. The molecule has 4 aromatic rings. The Morgan fingerprint density at radius 2 is 2.12 bits per heavy atom. The van der Waals surface area contributed by atoms with Crippen LogP contribution < -0.4 is 15.8 Å². The van der Waals surface area contributed by atoms with Crippen molar-refractivity contribution in [1.82, 2.24) is 19.6 Å². The van der Waals surface area contributed by atoms with Crippen LogP contribution in [0.15, 0.2) is 29.4 Å². The fourth-order valence-corrected chi connectivity index (χ4v) is 5.58. The van der Waals surface area contributed by atoms with Gasteiger partial charge < -0.3 is 20.5 Å². The number of nitrogens with zero attached hydrogens (tertiary/aromatic N) is 4. The van der Waals surface area contributed by atoms with Gasteiger partial charge in [0.25, 0.3) is 0 Å². The highest BCUT2D eigenvalue weighted by Gasteiger charge is 2.31. The van der Waals surface area contributed by atoms with Crippen molar-refractivity contribution in [2.24, 2.45) is 0 Å². The largest absolute Gasteiger partial charge is 0.497 e. The minimum absolute atomic E-state index is 0.156. The number of nitrogens with two attached hydrogens (primary N) is 1. The summed E-state index contributed by atoms with van der Waals surface area (Å²) in [5.74, 6) is 1.03. The summed E-state index contributed by atoms with van der Waals surface area (Å²) >= 11 is 2.85. The lowest BCUT2D eigenvalue weighted by molar-refractivity contribution is -0.113. The summed E-state index contributed by atoms with van der Waals surface area (Å²) in [5, 5.41) is 13.1. The molecule has 0 bridgehead atoms. The predicted octanol–water partition coefficient (Wildman–Crippen LogP) is 3.51. The van der Waals surface area contributed by atoms with Crippen molar-refractivity contribution in [2.45, 2.75) is 37.6 Å². The molecule has 9 nitrogen and oxygen atoms in total. The Balaban J connectivity index is 1.41. The molecule has 3 aromatic heterocycles. The molecule has 0 saturated heterocycles. The molecule has 1 amide bonds. The van der Waals surface area contributed by atoms with E-state index in [2.05, 4.69) is 34.3 Å². The number of nitrogens with one attached hydrogen (secondary N) is 1. The third kappa shape index (κ3) is 3.76. The van der Waals surface area contributed by atoms with Gasteiger partial charge in [-0.05, 0) is 43.7 Å². The van der Waals surface area contributed by atoms with Gasteiger partial charge in [0.1, 0.15) is 10.6 Å². The molecule has 32 heavy (non-hydrogen) atoms. The number of carbonyl (C=O) groups excluding carboxylic acids is 1. The number of anilines is 2. The molecular weight excluding hydrogens is 448 g/mol. The zero-order chi connectivity index (χ0) is 22.5. The predicted molar refractivity (Wildman–Crippen MR) is 125 cm³/mol. The van der Waals surface area contributed by atoms with E-state index in [-0.39, 0.29) is 17.3 Å². The van der Waals surface area contributed by atoms with Gasteiger partial charge >= 0.3 is 0 Å². The van der Waals surface area contributed by atoms with Gasteiger partial charge in [-0.25, -0.2) is 9.38 Å². The van der Waals surface area contributed by atoms with E-state index in [1.807, 2.05) is 0 Å². The lowest BCUT2D eigenvalue weighted by Crippen LogP contribution is -2.31. The van der Waals surface area contributed by atoms with Crippen molar-refractivity contribution < 1.29 is 14.3 Å². The molecule has 166 valence electrons. The summed E-state index contributed by atoms with van der Waals surface area (Å²) in [7, 11) is 1.60. The number of benzene rings is 1. The van der Waals surface area contributed by atoms with Gasteiger partial charge in [-0.1, -0.05) is 11.8 Å². The minimum atomic E-state index is -0.253. The smallest absolute Gasteiger partial charge is 0.234 e. The molecule has 0 aliphatic carbocycles. The first-order valence-electron chi connectivity index (χ1n) is 10.00. The molecular formula is C21H22N6O3S2. The number of amides is 1. The van der Waals surface area contributed by atoms with Crippen molar-refractivity contribution in [2.75, 3.05) is 23.9 Å². The maximum atomic E-state index is 12.4. The number of hydrogen-bond donors (Lipinski definition) is 2. The van der Waals surface area contributed by atoms with Crippen LogP contribution in [0, 0.1) is 0 Å². The van der Waals surface area contributed by atoms with Crippen LogP contribution in [-0.4, -0.2) is 44.0 Å². The summed E-state index contributed by atoms with van der Waals surface area (Å²) in [5.41, 5.74) is 8.56. The van der Waals surface area contributed by atoms with Crippen LogP contribution >= 0.6 is 23.1 Å². The molecule has 0 saturated carbocycles. The Bertz CT molecular complexity index is 1330. The highest BCUT2D eigenvalue weighted by molar-refractivity contribution is 7.99. The number of rotatable bonds is 5. The van der Waals surface area contributed by atoms with E-state index in [9.17, 15) is 4.79 Å². The SMILES string of the molecule is COc1ccc(NC(=O)CSc2nnc3c4c5c(sc4nc(N)n23)COC(C)(C)C5)cc1. The second-order valence-corrected chi connectivity index (χ2v) is 10.1. The van der Waals surface area contributed by atoms with Crippen LogP contribution in [0.5, 0.6) is 5.75 Å². The van der Waals surface area contributed by atoms with E-state index in [1.165, 1.54) is 17.3 Å². The van der Waals surface area contributed by atoms with Crippen molar-refractivity contribution in [1.29, 1.82) is 0 Å². The number of fused-ring (bicyclic) bond motifs is 5. The van der Waals surface area contributed by atoms with Crippen molar-refractivity contribution >= 4 is 56.5 Å². The quantitative estimate of drug-likeness (QED) is 0.426. The molecule has 5 rings (SSSR count). The Kier molecular flexibility index (Phi) is 5.19. The van der Waals surface area contributed by atoms with Crippen molar-refractivity contribution in [3.63, 3.8) is 0 Å². The van der Waals surface area contributed by atoms with Crippen molar-refractivity contribution in [3.8, 4) is 5.75 Å². The average molecular weight is 471 g/mol. The Hall–Kier alpha value is -2.89. The van der Waals surface area contributed by atoms with E-state index >= 15 is 0 Å². The monoisotopic (exact) mass is 470 g/mol. The normalized spacial score (nSPS) is 15.1. The van der Waals surface area contributed by atoms with E-state index in [4.69, 9.17) is 15.2 Å². The first-order chi connectivity index (χ1) is 15.3. The summed E-state index contributed by atoms with van der Waals surface area (Å²) in [6, 6.07) is 7.16. The van der Waals surface area contributed by atoms with Crippen LogP contribution in [0.1, 0.15) is 24.3 Å². The molecule has 11 heteroatoms. The average Bonchev–Trinajstić information content (AvgIpc) is 3.33. The summed E-state index contributed by atoms with van der Waals surface area (Å²) in [6.45, 7) is 4.71. The molecule has 0 atom stereocenters. The molecule has 1 aliphatic rings. The second-order valence-electron chi connectivity index (χ2n) is 8.09. The number of aromatic nitrogens is 4. The van der Waals surface area contributed by atoms with Crippen LogP contribution in [0.2, 0.25) is 0 Å². The summed E-state index contributed by atoms with van der Waals surface area (Å²) < 4.78 is 12.8. The summed E-state index contributed by atoms with van der Waals surface area (Å²) in [4.78, 5) is 19.0. The van der Waals surface area contributed by atoms with E-state index < -0.39 is 0 Å². The molecule has 4 heterocycles. The van der Waals surface area contributed by atoms with Crippen LogP contribution in [0.4, 0.5) is 11.6 Å². The Morgan fingerprint density at radius 3 is 2.88 bits per heavy atom. The minimum Gasteiger partial charge on any atom is -0.497 e. The number of thioether (sulfide) groups is 1. The number of nitrogen functional groups attached to an aromatic ring is 1. The number of methoxy groups -OCH3 is 1. The lowest BCUT2D eigenvalue weighted by atomic mass is 9.94. The highest BCUT2D eigenvalue weighted by atomic mass is 32.2. The van der Waals surface area contributed by atoms with Gasteiger partial charge in [0, 0.05) is 17.0 Å². The fourth-order valence-electron chi connectivity index (χ4n) is 3.74. The van der Waals surface area contributed by atoms with Gasteiger partial charge in [-0.15, -0.1) is 21.5 Å². The molecule has 1 aromatic carbocycles. The van der Waals surface area contributed by atoms with Gasteiger partial charge in [-0.3, -0.25) is 4.79 Å². The topological polar surface area (TPSA) is 117 Å². The Labute approximate surface area is 192 Å². The zero-order valence-electron chi connectivity index (χ0n) is 17.8. The standard InChI is InChI=1S/C21H22N6O3S2/c1-21(2)8-13-14(9-30-21)32-18-16(13)17-25-26-20(27(17)19(22)24-18)31-10-15(28)23-11-4-6-12(29-3)7-5-11/h4-7H,8-10H2,1-3H3,(H2,22,24)(H,23,28). The number of ether oxygens (including phenoxy) is 2. The summed E-state index contributed by atoms with van der Waals surface area (Å²) in [6.07, 6.45) is 0.767. The Morgan fingerprint density at radius 1 is 1.34 bits per heavy atom. The van der Waals surface area contributed by atoms with Gasteiger partial charge in [0.2, 0.25) is 11.9 Å². The van der Waals surface area contributed by atoms with Gasteiger partial charge in [-0.2, -0.15) is 0 Å². The van der Waals surface area contributed by atoms with E-state index in [0.717, 1.165) is 27.3 Å². The van der Waals surface area contributed by atoms with Gasteiger partial charge in [0.15, 0.2) is 10.8 Å². The number of thiophene rings is 1. The molecule has 0 radical (unpaired) electrons. The zero-order valence-corrected chi connectivity index (χ0v) is 19.5. The highest BCUT2D eigenvalue weighted by Crippen LogP contribution is 2.40. The fraction of sp³-hybridized carbons (Fsp3) is 0.333. The van der Waals surface area contributed by atoms with E-state index in [0.29, 0.717) is 29.0 Å². The van der Waals surface area contributed by atoms with Gasteiger partial charge in [0.05, 0.1) is 30.5 Å². The third-order valence-corrected chi connectivity index (χ3v) is 7.31. The lowest BCUT2D eigenvalue weighted by Gasteiger charge is -2.30. The first kappa shape index (κ1) is 21.0. The van der Waals surface area contributed by atoms with Crippen LogP contribution in [0.25, 0.3) is 15.9 Å².